The van der Waals surface area contributed by atoms with Gasteiger partial charge in [-0.1, -0.05) is 12.1 Å². The van der Waals surface area contributed by atoms with E-state index in [4.69, 9.17) is 5.73 Å². The molecule has 0 saturated carbocycles. The summed E-state index contributed by atoms with van der Waals surface area (Å²) in [6, 6.07) is 7.05. The Hall–Kier alpha value is -1.94. The van der Waals surface area contributed by atoms with Crippen molar-refractivity contribution in [1.29, 1.82) is 0 Å². The Morgan fingerprint density at radius 2 is 2.26 bits per heavy atom. The average Bonchev–Trinajstić information content (AvgIpc) is 2.46. The highest BCUT2D eigenvalue weighted by Gasteiger charge is 2.19. The van der Waals surface area contributed by atoms with Gasteiger partial charge < -0.3 is 10.8 Å². The average molecular weight is 255 g/mol. The Bertz CT molecular complexity index is 598. The van der Waals surface area contributed by atoms with E-state index in [0.29, 0.717) is 11.7 Å². The predicted octanol–water partition coefficient (Wildman–Crippen LogP) is 1.91. The lowest BCUT2D eigenvalue weighted by atomic mass is 9.87. The lowest BCUT2D eigenvalue weighted by Gasteiger charge is -2.22. The first-order chi connectivity index (χ1) is 9.26. The number of nitrogens with zero attached hydrogens (tertiary/aromatic N) is 2. The van der Waals surface area contributed by atoms with Gasteiger partial charge in [0, 0.05) is 17.5 Å². The van der Waals surface area contributed by atoms with E-state index in [1.165, 1.54) is 5.56 Å². The molecule has 0 fully saturated rings. The van der Waals surface area contributed by atoms with E-state index in [1.54, 1.807) is 18.2 Å². The summed E-state index contributed by atoms with van der Waals surface area (Å²) < 4.78 is 0. The van der Waals surface area contributed by atoms with Gasteiger partial charge in [0.15, 0.2) is 5.82 Å². The highest BCUT2D eigenvalue weighted by atomic mass is 16.3. The summed E-state index contributed by atoms with van der Waals surface area (Å²) in [7, 11) is 0. The Morgan fingerprint density at radius 3 is 3.05 bits per heavy atom. The molecule has 0 radical (unpaired) electrons. The third-order valence-electron chi connectivity index (χ3n) is 3.69. The Kier molecular flexibility index (Phi) is 3.17. The summed E-state index contributed by atoms with van der Waals surface area (Å²) >= 11 is 0. The van der Waals surface area contributed by atoms with Crippen LogP contribution in [0.1, 0.15) is 17.7 Å². The maximum atomic E-state index is 9.51. The number of benzene rings is 1. The van der Waals surface area contributed by atoms with Crippen molar-refractivity contribution in [2.75, 3.05) is 6.54 Å². The number of hydrogen-bond acceptors (Lipinski definition) is 4. The molecule has 1 heterocycles. The van der Waals surface area contributed by atoms with Crippen LogP contribution in [0.25, 0.3) is 11.4 Å². The van der Waals surface area contributed by atoms with Crippen LogP contribution >= 0.6 is 0 Å². The third kappa shape index (κ3) is 2.44. The number of phenols is 1. The van der Waals surface area contributed by atoms with Gasteiger partial charge in [0.25, 0.3) is 0 Å². The van der Waals surface area contributed by atoms with Crippen molar-refractivity contribution in [2.45, 2.75) is 19.3 Å². The summed E-state index contributed by atoms with van der Waals surface area (Å²) in [6.45, 7) is 0.730. The number of aromatic nitrogens is 2. The molecule has 0 aliphatic heterocycles. The molecule has 4 heteroatoms. The van der Waals surface area contributed by atoms with E-state index in [-0.39, 0.29) is 5.75 Å². The second-order valence-corrected chi connectivity index (χ2v) is 5.06. The summed E-state index contributed by atoms with van der Waals surface area (Å²) in [6.07, 6.45) is 4.95. The van der Waals surface area contributed by atoms with Gasteiger partial charge >= 0.3 is 0 Å². The number of rotatable bonds is 2. The molecular weight excluding hydrogens is 238 g/mol. The molecule has 0 amide bonds. The largest absolute Gasteiger partial charge is 0.508 e. The highest BCUT2D eigenvalue weighted by Crippen LogP contribution is 2.26. The van der Waals surface area contributed by atoms with E-state index in [0.717, 1.165) is 37.1 Å². The zero-order valence-corrected chi connectivity index (χ0v) is 10.7. The van der Waals surface area contributed by atoms with Gasteiger partial charge in [0.2, 0.25) is 0 Å². The van der Waals surface area contributed by atoms with Crippen LogP contribution in [0.3, 0.4) is 0 Å². The molecule has 0 bridgehead atoms. The van der Waals surface area contributed by atoms with Crippen LogP contribution in [0.4, 0.5) is 0 Å². The van der Waals surface area contributed by atoms with Crippen molar-refractivity contribution >= 4 is 0 Å². The fourth-order valence-corrected chi connectivity index (χ4v) is 2.57. The molecule has 98 valence electrons. The Morgan fingerprint density at radius 1 is 1.37 bits per heavy atom. The number of phenolic OH excluding ortho intramolecular Hbond substituents is 1. The van der Waals surface area contributed by atoms with Crippen LogP contribution in [-0.2, 0) is 12.8 Å². The van der Waals surface area contributed by atoms with Gasteiger partial charge in [-0.3, -0.25) is 0 Å². The van der Waals surface area contributed by atoms with Crippen LogP contribution in [0.15, 0.2) is 30.5 Å². The van der Waals surface area contributed by atoms with Crippen molar-refractivity contribution in [3.05, 3.63) is 41.7 Å². The Balaban J connectivity index is 1.94. The lowest BCUT2D eigenvalue weighted by molar-refractivity contribution is 0.462. The quantitative estimate of drug-likeness (QED) is 0.860. The molecule has 19 heavy (non-hydrogen) atoms. The van der Waals surface area contributed by atoms with Gasteiger partial charge in [-0.2, -0.15) is 0 Å². The van der Waals surface area contributed by atoms with Crippen LogP contribution < -0.4 is 5.73 Å². The molecule has 1 atom stereocenters. The molecule has 3 rings (SSSR count). The SMILES string of the molecule is NCC1CCc2nc(-c3cccc(O)c3)ncc2C1. The first kappa shape index (κ1) is 12.1. The number of hydrogen-bond donors (Lipinski definition) is 2. The van der Waals surface area contributed by atoms with Crippen LogP contribution in [0, 0.1) is 5.92 Å². The molecule has 1 aromatic heterocycles. The molecule has 0 saturated heterocycles. The van der Waals surface area contributed by atoms with Crippen molar-refractivity contribution in [3.8, 4) is 17.1 Å². The van der Waals surface area contributed by atoms with Crippen LogP contribution in [-0.4, -0.2) is 21.6 Å². The van der Waals surface area contributed by atoms with Crippen LogP contribution in [0.5, 0.6) is 5.75 Å². The summed E-state index contributed by atoms with van der Waals surface area (Å²) in [4.78, 5) is 9.04. The fraction of sp³-hybridized carbons (Fsp3) is 0.333. The maximum absolute atomic E-state index is 9.51. The third-order valence-corrected chi connectivity index (χ3v) is 3.69. The smallest absolute Gasteiger partial charge is 0.159 e. The molecule has 4 nitrogen and oxygen atoms in total. The van der Waals surface area contributed by atoms with Crippen molar-refractivity contribution in [3.63, 3.8) is 0 Å². The topological polar surface area (TPSA) is 72.0 Å². The van der Waals surface area contributed by atoms with Gasteiger partial charge in [0.05, 0.1) is 0 Å². The van der Waals surface area contributed by atoms with E-state index in [2.05, 4.69) is 9.97 Å². The first-order valence-electron chi connectivity index (χ1n) is 6.60. The normalized spacial score (nSPS) is 18.1. The van der Waals surface area contributed by atoms with E-state index in [9.17, 15) is 5.11 Å². The molecule has 0 spiro atoms. The van der Waals surface area contributed by atoms with Gasteiger partial charge in [-0.05, 0) is 49.4 Å². The lowest BCUT2D eigenvalue weighted by Crippen LogP contribution is -2.23. The van der Waals surface area contributed by atoms with Crippen molar-refractivity contribution in [2.24, 2.45) is 11.7 Å². The van der Waals surface area contributed by atoms with Gasteiger partial charge in [-0.25, -0.2) is 9.97 Å². The molecule has 2 aromatic rings. The minimum Gasteiger partial charge on any atom is -0.508 e. The molecule has 1 aliphatic carbocycles. The van der Waals surface area contributed by atoms with Gasteiger partial charge in [-0.15, -0.1) is 0 Å². The first-order valence-corrected chi connectivity index (χ1v) is 6.60. The predicted molar refractivity (Wildman–Crippen MR) is 73.7 cm³/mol. The molecule has 1 aliphatic rings. The monoisotopic (exact) mass is 255 g/mol. The van der Waals surface area contributed by atoms with Crippen molar-refractivity contribution < 1.29 is 5.11 Å². The summed E-state index contributed by atoms with van der Waals surface area (Å²) in [5, 5.41) is 9.51. The zero-order chi connectivity index (χ0) is 13.2. The minimum absolute atomic E-state index is 0.238. The molecule has 3 N–H and O–H groups in total. The fourth-order valence-electron chi connectivity index (χ4n) is 2.57. The highest BCUT2D eigenvalue weighted by molar-refractivity contribution is 5.57. The second kappa shape index (κ2) is 4.97. The number of aryl methyl sites for hydroxylation is 1. The zero-order valence-electron chi connectivity index (χ0n) is 10.7. The molecule has 1 unspecified atom stereocenters. The second-order valence-electron chi connectivity index (χ2n) is 5.06. The molecular formula is C15H17N3O. The van der Waals surface area contributed by atoms with E-state index < -0.39 is 0 Å². The minimum atomic E-state index is 0.238. The van der Waals surface area contributed by atoms with E-state index in [1.807, 2.05) is 12.3 Å². The van der Waals surface area contributed by atoms with Gasteiger partial charge in [0.1, 0.15) is 5.75 Å². The number of fused-ring (bicyclic) bond motifs is 1. The summed E-state index contributed by atoms with van der Waals surface area (Å²) in [5.74, 6) is 1.48. The standard InChI is InChI=1S/C15H17N3O/c16-8-10-4-5-14-12(6-10)9-17-15(18-14)11-2-1-3-13(19)7-11/h1-3,7,9-10,19H,4-6,8,16H2. The Labute approximate surface area is 112 Å². The number of aromatic hydroxyl groups is 1. The maximum Gasteiger partial charge on any atom is 0.159 e. The molecule has 1 aromatic carbocycles. The van der Waals surface area contributed by atoms with Crippen LogP contribution in [0.2, 0.25) is 0 Å². The number of nitrogens with two attached hydrogens (primary N) is 1. The summed E-state index contributed by atoms with van der Waals surface area (Å²) in [5.41, 5.74) is 8.92. The van der Waals surface area contributed by atoms with Crippen molar-refractivity contribution in [1.82, 2.24) is 9.97 Å². The van der Waals surface area contributed by atoms with E-state index >= 15 is 0 Å².